The van der Waals surface area contributed by atoms with Gasteiger partial charge in [0.15, 0.2) is 0 Å². The third-order valence-corrected chi connectivity index (χ3v) is 5.48. The van der Waals surface area contributed by atoms with Gasteiger partial charge in [-0.3, -0.25) is 14.5 Å². The Bertz CT molecular complexity index is 1240. The van der Waals surface area contributed by atoms with Crippen LogP contribution in [0, 0.1) is 12.7 Å². The summed E-state index contributed by atoms with van der Waals surface area (Å²) < 4.78 is 20.6. The Morgan fingerprint density at radius 3 is 2.41 bits per heavy atom. The second kappa shape index (κ2) is 10.7. The lowest BCUT2D eigenvalue weighted by molar-refractivity contribution is 0.0718. The number of halogens is 1. The number of rotatable bonds is 9. The third-order valence-electron chi connectivity index (χ3n) is 5.48. The van der Waals surface area contributed by atoms with Crippen molar-refractivity contribution in [2.75, 3.05) is 6.61 Å². The largest absolute Gasteiger partial charge is 0.493 e. The number of hydrogen-bond donors (Lipinski definition) is 0. The molecule has 0 atom stereocenters. The van der Waals surface area contributed by atoms with Gasteiger partial charge in [0.2, 0.25) is 0 Å². The minimum Gasteiger partial charge on any atom is -0.493 e. The van der Waals surface area contributed by atoms with Crippen molar-refractivity contribution in [2.24, 2.45) is 7.05 Å². The van der Waals surface area contributed by atoms with E-state index in [0.29, 0.717) is 31.8 Å². The maximum absolute atomic E-state index is 13.4. The third kappa shape index (κ3) is 6.07. The van der Waals surface area contributed by atoms with E-state index in [0.717, 1.165) is 28.1 Å². The molecule has 0 aliphatic heterocycles. The van der Waals surface area contributed by atoms with Crippen LogP contribution in [-0.2, 0) is 26.6 Å². The lowest BCUT2D eigenvalue weighted by atomic mass is 10.1. The summed E-state index contributed by atoms with van der Waals surface area (Å²) in [5.74, 6) is 0.388. The molecule has 34 heavy (non-hydrogen) atoms. The second-order valence-electron chi connectivity index (χ2n) is 8.18. The second-order valence-corrected chi connectivity index (χ2v) is 8.18. The highest BCUT2D eigenvalue weighted by molar-refractivity contribution is 5.92. The molecule has 174 valence electrons. The van der Waals surface area contributed by atoms with Gasteiger partial charge in [0.05, 0.1) is 12.3 Å². The van der Waals surface area contributed by atoms with Gasteiger partial charge in [-0.2, -0.15) is 5.10 Å². The van der Waals surface area contributed by atoms with Gasteiger partial charge in [-0.25, -0.2) is 4.39 Å². The van der Waals surface area contributed by atoms with Crippen molar-refractivity contribution in [3.8, 4) is 5.75 Å². The van der Waals surface area contributed by atoms with Crippen LogP contribution < -0.4 is 4.74 Å². The molecule has 0 saturated carbocycles. The number of carbonyl (C=O) groups is 1. The molecule has 0 unspecified atom stereocenters. The Labute approximate surface area is 198 Å². The Morgan fingerprint density at radius 2 is 1.71 bits per heavy atom. The van der Waals surface area contributed by atoms with Gasteiger partial charge < -0.3 is 9.64 Å². The summed E-state index contributed by atoms with van der Waals surface area (Å²) >= 11 is 0. The van der Waals surface area contributed by atoms with E-state index in [1.165, 1.54) is 12.1 Å². The van der Waals surface area contributed by atoms with Crippen LogP contribution in [0.25, 0.3) is 0 Å². The number of benzene rings is 2. The average molecular weight is 459 g/mol. The number of carbonyl (C=O) groups excluding carboxylic acids is 1. The Morgan fingerprint density at radius 1 is 0.971 bits per heavy atom. The van der Waals surface area contributed by atoms with Crippen LogP contribution in [0.3, 0.4) is 0 Å². The van der Waals surface area contributed by atoms with Gasteiger partial charge in [-0.1, -0.05) is 24.3 Å². The summed E-state index contributed by atoms with van der Waals surface area (Å²) in [6.07, 6.45) is 4.13. The zero-order valence-corrected chi connectivity index (χ0v) is 19.3. The first-order valence-corrected chi connectivity index (χ1v) is 11.1. The zero-order valence-electron chi connectivity index (χ0n) is 19.3. The molecule has 0 aliphatic rings. The summed E-state index contributed by atoms with van der Waals surface area (Å²) in [5, 5.41) is 4.32. The van der Waals surface area contributed by atoms with E-state index < -0.39 is 0 Å². The molecule has 2 heterocycles. The molecule has 0 fully saturated rings. The van der Waals surface area contributed by atoms with Crippen molar-refractivity contribution in [3.63, 3.8) is 0 Å². The molecule has 6 nitrogen and oxygen atoms in total. The normalized spacial score (nSPS) is 10.8. The summed E-state index contributed by atoms with van der Waals surface area (Å²) in [7, 11) is 1.78. The first-order valence-electron chi connectivity index (χ1n) is 11.1. The fraction of sp³-hybridized carbons (Fsp3) is 0.222. The molecular weight excluding hydrogens is 431 g/mol. The Hall–Kier alpha value is -4.00. The number of pyridine rings is 1. The summed E-state index contributed by atoms with van der Waals surface area (Å²) in [5.41, 5.74) is 4.30. The van der Waals surface area contributed by atoms with Crippen molar-refractivity contribution in [2.45, 2.75) is 26.4 Å². The molecule has 0 radical (unpaired) electrons. The van der Waals surface area contributed by atoms with Crippen molar-refractivity contribution in [3.05, 3.63) is 113 Å². The van der Waals surface area contributed by atoms with Crippen LogP contribution in [0.15, 0.2) is 79.1 Å². The number of amides is 1. The van der Waals surface area contributed by atoms with E-state index >= 15 is 0 Å². The molecule has 2 aromatic heterocycles. The van der Waals surface area contributed by atoms with Crippen LogP contribution in [0.5, 0.6) is 5.75 Å². The van der Waals surface area contributed by atoms with Gasteiger partial charge in [0.25, 0.3) is 5.91 Å². The predicted molar refractivity (Wildman–Crippen MR) is 128 cm³/mol. The molecule has 4 aromatic rings. The topological polar surface area (TPSA) is 60.3 Å². The van der Waals surface area contributed by atoms with E-state index in [1.54, 1.807) is 47.2 Å². The summed E-state index contributed by atoms with van der Waals surface area (Å²) in [4.78, 5) is 19.3. The number of ether oxygens (including phenoxy) is 1. The highest BCUT2D eigenvalue weighted by Crippen LogP contribution is 2.19. The smallest absolute Gasteiger partial charge is 0.272 e. The quantitative estimate of drug-likeness (QED) is 0.364. The summed E-state index contributed by atoms with van der Waals surface area (Å²) in [6.45, 7) is 3.21. The van der Waals surface area contributed by atoms with Gasteiger partial charge >= 0.3 is 0 Å². The SMILES string of the molecule is Cc1cc(C(=O)N(Cc2ccncc2)Cc2cccc(OCCc3ccc(F)cc3)c2)n(C)n1. The van der Waals surface area contributed by atoms with Crippen LogP contribution in [0.2, 0.25) is 0 Å². The van der Waals surface area contributed by atoms with Gasteiger partial charge in [0, 0.05) is 39.0 Å². The maximum atomic E-state index is 13.4. The standard InChI is InChI=1S/C27H27FN4O2/c1-20-16-26(31(2)30-20)27(33)32(18-22-10-13-29-14-11-22)19-23-4-3-5-25(17-23)34-15-12-21-6-8-24(28)9-7-21/h3-11,13-14,16-17H,12,15,18-19H2,1-2H3. The van der Waals surface area contributed by atoms with Crippen LogP contribution >= 0.6 is 0 Å². The van der Waals surface area contributed by atoms with Crippen LogP contribution in [0.4, 0.5) is 4.39 Å². The highest BCUT2D eigenvalue weighted by Gasteiger charge is 2.20. The molecule has 2 aromatic carbocycles. The molecule has 0 saturated heterocycles. The maximum Gasteiger partial charge on any atom is 0.272 e. The molecule has 1 amide bonds. The molecule has 0 N–H and O–H groups in total. The predicted octanol–water partition coefficient (Wildman–Crippen LogP) is 4.73. The lowest BCUT2D eigenvalue weighted by Gasteiger charge is -2.23. The van der Waals surface area contributed by atoms with Gasteiger partial charge in [0.1, 0.15) is 17.3 Å². The van der Waals surface area contributed by atoms with E-state index in [-0.39, 0.29) is 11.7 Å². The van der Waals surface area contributed by atoms with Crippen molar-refractivity contribution >= 4 is 5.91 Å². The van der Waals surface area contributed by atoms with Gasteiger partial charge in [-0.15, -0.1) is 0 Å². The van der Waals surface area contributed by atoms with E-state index in [2.05, 4.69) is 10.1 Å². The highest BCUT2D eigenvalue weighted by atomic mass is 19.1. The molecule has 0 aliphatic carbocycles. The van der Waals surface area contributed by atoms with E-state index in [1.807, 2.05) is 43.3 Å². The lowest BCUT2D eigenvalue weighted by Crippen LogP contribution is -2.31. The molecule has 0 spiro atoms. The zero-order chi connectivity index (χ0) is 23.9. The van der Waals surface area contributed by atoms with Crippen molar-refractivity contribution in [1.29, 1.82) is 0 Å². The number of hydrogen-bond acceptors (Lipinski definition) is 4. The first kappa shape index (κ1) is 23.2. The molecule has 7 heteroatoms. The van der Waals surface area contributed by atoms with Crippen LogP contribution in [-0.4, -0.2) is 32.2 Å². The minimum atomic E-state index is -0.246. The van der Waals surface area contributed by atoms with Gasteiger partial charge in [-0.05, 0) is 66.1 Å². The number of aromatic nitrogens is 3. The summed E-state index contributed by atoms with van der Waals surface area (Å²) in [6, 6.07) is 19.8. The number of aryl methyl sites for hydroxylation is 2. The average Bonchev–Trinajstić information content (AvgIpc) is 3.18. The van der Waals surface area contributed by atoms with E-state index in [9.17, 15) is 9.18 Å². The van der Waals surface area contributed by atoms with Crippen molar-refractivity contribution in [1.82, 2.24) is 19.7 Å². The Balaban J connectivity index is 1.47. The first-order chi connectivity index (χ1) is 16.5. The van der Waals surface area contributed by atoms with E-state index in [4.69, 9.17) is 4.74 Å². The monoisotopic (exact) mass is 458 g/mol. The van der Waals surface area contributed by atoms with Crippen molar-refractivity contribution < 1.29 is 13.9 Å². The number of nitrogens with zero attached hydrogens (tertiary/aromatic N) is 4. The fourth-order valence-corrected chi connectivity index (χ4v) is 3.77. The minimum absolute atomic E-state index is 0.0949. The molecule has 0 bridgehead atoms. The van der Waals surface area contributed by atoms with Crippen LogP contribution in [0.1, 0.15) is 32.9 Å². The molecule has 4 rings (SSSR count). The Kier molecular flexibility index (Phi) is 7.32. The molecular formula is C27H27FN4O2. The fourth-order valence-electron chi connectivity index (χ4n) is 3.77.